The number of fused-ring (bicyclic) bond motifs is 1. The number of oxazole rings is 1. The third kappa shape index (κ3) is 2.81. The molecule has 7 nitrogen and oxygen atoms in total. The van der Waals surface area contributed by atoms with Crippen molar-refractivity contribution in [2.24, 2.45) is 0 Å². The Kier molecular flexibility index (Phi) is 3.46. The van der Waals surface area contributed by atoms with Gasteiger partial charge in [0.05, 0.1) is 4.92 Å². The summed E-state index contributed by atoms with van der Waals surface area (Å²) in [4.78, 5) is 18.8. The number of anilines is 1. The van der Waals surface area contributed by atoms with Gasteiger partial charge in [-0.2, -0.15) is 4.98 Å². The molecule has 0 fully saturated rings. The van der Waals surface area contributed by atoms with E-state index >= 15 is 0 Å². The molecule has 0 radical (unpaired) electrons. The number of benzene rings is 1. The molecule has 0 saturated carbocycles. The van der Waals surface area contributed by atoms with E-state index in [1.807, 2.05) is 18.2 Å². The van der Waals surface area contributed by atoms with Crippen LogP contribution in [0.5, 0.6) is 0 Å². The van der Waals surface area contributed by atoms with E-state index in [4.69, 9.17) is 4.42 Å². The molecule has 7 heteroatoms. The number of rotatable bonds is 5. The zero-order valence-electron chi connectivity index (χ0n) is 11.0. The van der Waals surface area contributed by atoms with E-state index in [2.05, 4.69) is 15.3 Å². The van der Waals surface area contributed by atoms with Gasteiger partial charge in [-0.3, -0.25) is 15.1 Å². The lowest BCUT2D eigenvalue weighted by molar-refractivity contribution is -0.383. The molecular weight excluding hydrogens is 272 g/mol. The van der Waals surface area contributed by atoms with E-state index in [0.717, 1.165) is 5.69 Å². The Morgan fingerprint density at radius 3 is 2.90 bits per heavy atom. The highest BCUT2D eigenvalue weighted by atomic mass is 16.6. The van der Waals surface area contributed by atoms with Crippen LogP contribution in [0.3, 0.4) is 0 Å². The Bertz CT molecular complexity index is 770. The van der Waals surface area contributed by atoms with E-state index < -0.39 is 4.92 Å². The summed E-state index contributed by atoms with van der Waals surface area (Å²) in [5.41, 5.74) is 1.54. The highest BCUT2D eigenvalue weighted by Gasteiger charge is 2.17. The Morgan fingerprint density at radius 2 is 2.14 bits per heavy atom. The van der Waals surface area contributed by atoms with Crippen molar-refractivity contribution in [2.45, 2.75) is 6.42 Å². The number of nitro benzene ring substituents is 1. The molecule has 21 heavy (non-hydrogen) atoms. The Morgan fingerprint density at radius 1 is 1.24 bits per heavy atom. The summed E-state index contributed by atoms with van der Waals surface area (Å²) >= 11 is 0. The molecule has 1 N–H and O–H groups in total. The predicted molar refractivity (Wildman–Crippen MR) is 77.1 cm³/mol. The molecule has 0 atom stereocenters. The molecular formula is C14H12N4O3. The minimum Gasteiger partial charge on any atom is -0.423 e. The Hall–Kier alpha value is -2.96. The van der Waals surface area contributed by atoms with E-state index in [1.54, 1.807) is 18.3 Å². The molecule has 0 aliphatic heterocycles. The second kappa shape index (κ2) is 5.58. The maximum Gasteiger partial charge on any atom is 0.298 e. The zero-order chi connectivity index (χ0) is 14.7. The quantitative estimate of drug-likeness (QED) is 0.572. The number of aromatic nitrogens is 2. The van der Waals surface area contributed by atoms with Gasteiger partial charge in [0.15, 0.2) is 11.1 Å². The van der Waals surface area contributed by atoms with Crippen LogP contribution in [-0.4, -0.2) is 21.4 Å². The lowest BCUT2D eigenvalue weighted by Gasteiger charge is -2.00. The molecule has 0 saturated heterocycles. The maximum absolute atomic E-state index is 10.9. The van der Waals surface area contributed by atoms with Crippen molar-refractivity contribution in [2.75, 3.05) is 11.9 Å². The molecule has 3 rings (SSSR count). The van der Waals surface area contributed by atoms with Gasteiger partial charge in [-0.25, -0.2) is 0 Å². The SMILES string of the molecule is O=[N+]([O-])c1cccc2oc(NCCc3ccccn3)nc12. The van der Waals surface area contributed by atoms with Crippen molar-refractivity contribution in [1.29, 1.82) is 0 Å². The zero-order valence-corrected chi connectivity index (χ0v) is 11.0. The van der Waals surface area contributed by atoms with Gasteiger partial charge >= 0.3 is 0 Å². The Labute approximate surface area is 119 Å². The van der Waals surface area contributed by atoms with Gasteiger partial charge in [0, 0.05) is 30.9 Å². The third-order valence-corrected chi connectivity index (χ3v) is 2.98. The van der Waals surface area contributed by atoms with Crippen LogP contribution in [0.4, 0.5) is 11.7 Å². The van der Waals surface area contributed by atoms with Gasteiger partial charge in [0.1, 0.15) is 0 Å². The first-order valence-electron chi connectivity index (χ1n) is 6.42. The summed E-state index contributed by atoms with van der Waals surface area (Å²) in [5.74, 6) is 0. The second-order valence-corrected chi connectivity index (χ2v) is 4.40. The number of hydrogen-bond acceptors (Lipinski definition) is 6. The predicted octanol–water partition coefficient (Wildman–Crippen LogP) is 2.79. The molecule has 0 bridgehead atoms. The molecule has 0 aliphatic rings. The third-order valence-electron chi connectivity index (χ3n) is 2.98. The van der Waals surface area contributed by atoms with Gasteiger partial charge < -0.3 is 9.73 Å². The van der Waals surface area contributed by atoms with Gasteiger partial charge in [-0.15, -0.1) is 0 Å². The molecule has 0 amide bonds. The van der Waals surface area contributed by atoms with Crippen LogP contribution in [0.25, 0.3) is 11.1 Å². The van der Waals surface area contributed by atoms with E-state index in [-0.39, 0.29) is 17.2 Å². The molecule has 0 spiro atoms. The van der Waals surface area contributed by atoms with Crippen molar-refractivity contribution >= 4 is 22.8 Å². The first-order valence-corrected chi connectivity index (χ1v) is 6.42. The number of para-hydroxylation sites is 1. The summed E-state index contributed by atoms with van der Waals surface area (Å²) in [6.45, 7) is 0.581. The first-order chi connectivity index (χ1) is 10.2. The fourth-order valence-electron chi connectivity index (χ4n) is 2.00. The fraction of sp³-hybridized carbons (Fsp3) is 0.143. The summed E-state index contributed by atoms with van der Waals surface area (Å²) in [6, 6.07) is 10.6. The Balaban J connectivity index is 1.73. The molecule has 2 aromatic heterocycles. The van der Waals surface area contributed by atoms with Gasteiger partial charge in [0.25, 0.3) is 11.7 Å². The number of pyridine rings is 1. The van der Waals surface area contributed by atoms with E-state index in [0.29, 0.717) is 18.5 Å². The topological polar surface area (TPSA) is 94.1 Å². The highest BCUT2D eigenvalue weighted by Crippen LogP contribution is 2.27. The number of hydrogen-bond donors (Lipinski definition) is 1. The van der Waals surface area contributed by atoms with Crippen LogP contribution >= 0.6 is 0 Å². The average molecular weight is 284 g/mol. The lowest BCUT2D eigenvalue weighted by atomic mass is 10.3. The van der Waals surface area contributed by atoms with Crippen LogP contribution in [0.2, 0.25) is 0 Å². The molecule has 0 aliphatic carbocycles. The minimum atomic E-state index is -0.470. The highest BCUT2D eigenvalue weighted by molar-refractivity contribution is 5.83. The number of nitrogens with zero attached hydrogens (tertiary/aromatic N) is 3. The number of nitrogens with one attached hydrogen (secondary N) is 1. The lowest BCUT2D eigenvalue weighted by Crippen LogP contribution is -2.05. The summed E-state index contributed by atoms with van der Waals surface area (Å²) in [5, 5.41) is 13.9. The maximum atomic E-state index is 10.9. The molecule has 106 valence electrons. The normalized spacial score (nSPS) is 10.7. The van der Waals surface area contributed by atoms with Gasteiger partial charge in [-0.05, 0) is 18.2 Å². The van der Waals surface area contributed by atoms with Crippen molar-refractivity contribution in [1.82, 2.24) is 9.97 Å². The van der Waals surface area contributed by atoms with Crippen molar-refractivity contribution in [3.63, 3.8) is 0 Å². The summed E-state index contributed by atoms with van der Waals surface area (Å²) < 4.78 is 5.45. The van der Waals surface area contributed by atoms with Gasteiger partial charge in [0.2, 0.25) is 0 Å². The number of nitro groups is 1. The van der Waals surface area contributed by atoms with Crippen LogP contribution in [0.1, 0.15) is 5.69 Å². The van der Waals surface area contributed by atoms with Crippen LogP contribution in [-0.2, 0) is 6.42 Å². The van der Waals surface area contributed by atoms with Crippen molar-refractivity contribution < 1.29 is 9.34 Å². The molecule has 3 aromatic rings. The van der Waals surface area contributed by atoms with Crippen LogP contribution in [0.15, 0.2) is 47.0 Å². The van der Waals surface area contributed by atoms with Gasteiger partial charge in [-0.1, -0.05) is 12.1 Å². The average Bonchev–Trinajstić information content (AvgIpc) is 2.90. The van der Waals surface area contributed by atoms with Crippen molar-refractivity contribution in [3.8, 4) is 0 Å². The molecule has 2 heterocycles. The molecule has 0 unspecified atom stereocenters. The minimum absolute atomic E-state index is 0.0611. The number of non-ortho nitro benzene ring substituents is 1. The monoisotopic (exact) mass is 284 g/mol. The summed E-state index contributed by atoms with van der Waals surface area (Å²) in [6.07, 6.45) is 2.44. The van der Waals surface area contributed by atoms with Crippen LogP contribution in [0, 0.1) is 10.1 Å². The van der Waals surface area contributed by atoms with Crippen molar-refractivity contribution in [3.05, 3.63) is 58.4 Å². The first kappa shape index (κ1) is 13.0. The van der Waals surface area contributed by atoms with E-state index in [9.17, 15) is 10.1 Å². The summed E-state index contributed by atoms with van der Waals surface area (Å²) in [7, 11) is 0. The second-order valence-electron chi connectivity index (χ2n) is 4.40. The van der Waals surface area contributed by atoms with E-state index in [1.165, 1.54) is 6.07 Å². The fourth-order valence-corrected chi connectivity index (χ4v) is 2.00. The molecule has 1 aromatic carbocycles. The largest absolute Gasteiger partial charge is 0.423 e. The van der Waals surface area contributed by atoms with Crippen LogP contribution < -0.4 is 5.32 Å². The smallest absolute Gasteiger partial charge is 0.298 e. The standard InChI is InChI=1S/C14H12N4O3/c19-18(20)11-5-3-6-12-13(11)17-14(21-12)16-9-7-10-4-1-2-8-15-10/h1-6,8H,7,9H2,(H,16,17).